The van der Waals surface area contributed by atoms with Gasteiger partial charge < -0.3 is 10.6 Å². The van der Waals surface area contributed by atoms with Gasteiger partial charge in [0.15, 0.2) is 0 Å². The van der Waals surface area contributed by atoms with Crippen molar-refractivity contribution in [3.63, 3.8) is 0 Å². The number of nitrogens with one attached hydrogen (secondary N) is 2. The Labute approximate surface area is 83.5 Å². The quantitative estimate of drug-likeness (QED) is 0.664. The van der Waals surface area contributed by atoms with Crippen LogP contribution in [-0.2, 0) is 9.59 Å². The fourth-order valence-corrected chi connectivity index (χ4v) is 0.776. The molecule has 0 aromatic heterocycles. The average Bonchev–Trinajstić information content (AvgIpc) is 1.98. The monoisotopic (exact) mass is 197 g/mol. The van der Waals surface area contributed by atoms with E-state index in [0.29, 0.717) is 0 Å². The molecule has 0 radical (unpaired) electrons. The largest absolute Gasteiger partial charge is 0.350 e. The first kappa shape index (κ1) is 12.4. The van der Waals surface area contributed by atoms with Crippen molar-refractivity contribution in [2.24, 2.45) is 0 Å². The topological polar surface area (TPSA) is 82.0 Å². The van der Waals surface area contributed by atoms with E-state index in [1.54, 1.807) is 6.07 Å². The lowest BCUT2D eigenvalue weighted by molar-refractivity contribution is -0.126. The molecule has 0 atom stereocenters. The Hall–Kier alpha value is -1.57. The maximum Gasteiger partial charge on any atom is 0.239 e. The molecular formula is C9H15N3O2. The van der Waals surface area contributed by atoms with E-state index in [1.807, 2.05) is 20.8 Å². The Morgan fingerprint density at radius 1 is 1.29 bits per heavy atom. The zero-order valence-electron chi connectivity index (χ0n) is 8.68. The molecule has 0 fully saturated rings. The summed E-state index contributed by atoms with van der Waals surface area (Å²) in [5, 5.41) is 13.2. The first-order valence-electron chi connectivity index (χ1n) is 4.30. The van der Waals surface area contributed by atoms with Gasteiger partial charge in [0.05, 0.1) is 12.6 Å². The third kappa shape index (κ3) is 7.10. The molecule has 2 amide bonds. The zero-order valence-corrected chi connectivity index (χ0v) is 8.68. The molecule has 78 valence electrons. The smallest absolute Gasteiger partial charge is 0.239 e. The summed E-state index contributed by atoms with van der Waals surface area (Å²) in [6.45, 7) is 5.46. The summed E-state index contributed by atoms with van der Waals surface area (Å²) in [6.07, 6.45) is -0.219. The number of rotatable bonds is 3. The number of carbonyl (C=O) groups is 2. The minimum atomic E-state index is -0.434. The zero-order chi connectivity index (χ0) is 11.2. The second-order valence-electron chi connectivity index (χ2n) is 3.91. The van der Waals surface area contributed by atoms with Gasteiger partial charge in [0.1, 0.15) is 6.42 Å². The molecule has 0 spiro atoms. The van der Waals surface area contributed by atoms with Crippen LogP contribution in [0.25, 0.3) is 0 Å². The van der Waals surface area contributed by atoms with E-state index in [4.69, 9.17) is 5.26 Å². The van der Waals surface area contributed by atoms with Gasteiger partial charge in [-0.2, -0.15) is 5.26 Å². The molecule has 0 aliphatic heterocycles. The van der Waals surface area contributed by atoms with Crippen molar-refractivity contribution < 1.29 is 9.59 Å². The van der Waals surface area contributed by atoms with Gasteiger partial charge in [-0.05, 0) is 20.8 Å². The van der Waals surface area contributed by atoms with Crippen LogP contribution in [0.4, 0.5) is 0 Å². The molecule has 0 rings (SSSR count). The minimum Gasteiger partial charge on any atom is -0.350 e. The van der Waals surface area contributed by atoms with Crippen molar-refractivity contribution in [3.05, 3.63) is 0 Å². The molecule has 0 aliphatic rings. The van der Waals surface area contributed by atoms with Gasteiger partial charge in [0.25, 0.3) is 0 Å². The molecule has 0 aromatic carbocycles. The van der Waals surface area contributed by atoms with Gasteiger partial charge in [-0.15, -0.1) is 0 Å². The fraction of sp³-hybridized carbons (Fsp3) is 0.667. The Bertz CT molecular complexity index is 260. The average molecular weight is 197 g/mol. The predicted molar refractivity (Wildman–Crippen MR) is 51.1 cm³/mol. The molecule has 0 saturated carbocycles. The van der Waals surface area contributed by atoms with E-state index in [-0.39, 0.29) is 24.4 Å². The van der Waals surface area contributed by atoms with E-state index >= 15 is 0 Å². The summed E-state index contributed by atoms with van der Waals surface area (Å²) in [6, 6.07) is 1.70. The van der Waals surface area contributed by atoms with Crippen LogP contribution in [-0.4, -0.2) is 23.9 Å². The van der Waals surface area contributed by atoms with E-state index < -0.39 is 5.91 Å². The maximum absolute atomic E-state index is 11.2. The Balaban J connectivity index is 3.76. The number of nitrogens with zero attached hydrogens (tertiary/aromatic N) is 1. The lowest BCUT2D eigenvalue weighted by Gasteiger charge is -2.20. The Morgan fingerprint density at radius 2 is 1.86 bits per heavy atom. The first-order valence-corrected chi connectivity index (χ1v) is 4.30. The SMILES string of the molecule is CC(C)(C)NC(=O)CNC(=O)CC#N. The number of hydrogen-bond acceptors (Lipinski definition) is 3. The molecule has 0 bridgehead atoms. The lowest BCUT2D eigenvalue weighted by Crippen LogP contribution is -2.45. The molecule has 5 nitrogen and oxygen atoms in total. The molecule has 0 aliphatic carbocycles. The summed E-state index contributed by atoms with van der Waals surface area (Å²) in [5.41, 5.74) is -0.308. The standard InChI is InChI=1S/C9H15N3O2/c1-9(2,3)12-8(14)6-11-7(13)4-5-10/h4,6H2,1-3H3,(H,11,13)(H,12,14). The van der Waals surface area contributed by atoms with Crippen LogP contribution < -0.4 is 10.6 Å². The highest BCUT2D eigenvalue weighted by Gasteiger charge is 2.13. The van der Waals surface area contributed by atoms with Crippen molar-refractivity contribution in [2.75, 3.05) is 6.54 Å². The Morgan fingerprint density at radius 3 is 2.29 bits per heavy atom. The molecule has 14 heavy (non-hydrogen) atoms. The predicted octanol–water partition coefficient (Wildman–Crippen LogP) is -0.0690. The molecular weight excluding hydrogens is 182 g/mol. The third-order valence-electron chi connectivity index (χ3n) is 1.20. The summed E-state index contributed by atoms with van der Waals surface area (Å²) in [7, 11) is 0. The van der Waals surface area contributed by atoms with Gasteiger partial charge in [0, 0.05) is 5.54 Å². The van der Waals surface area contributed by atoms with Crippen molar-refractivity contribution in [1.82, 2.24) is 10.6 Å². The van der Waals surface area contributed by atoms with Gasteiger partial charge in [-0.1, -0.05) is 0 Å². The van der Waals surface area contributed by atoms with E-state index in [0.717, 1.165) is 0 Å². The van der Waals surface area contributed by atoms with Gasteiger partial charge in [0.2, 0.25) is 11.8 Å². The van der Waals surface area contributed by atoms with Crippen molar-refractivity contribution in [1.29, 1.82) is 5.26 Å². The molecule has 0 heterocycles. The highest BCUT2D eigenvalue weighted by molar-refractivity contribution is 5.85. The second-order valence-corrected chi connectivity index (χ2v) is 3.91. The third-order valence-corrected chi connectivity index (χ3v) is 1.20. The molecule has 0 aromatic rings. The van der Waals surface area contributed by atoms with Crippen LogP contribution >= 0.6 is 0 Å². The molecule has 0 unspecified atom stereocenters. The fourth-order valence-electron chi connectivity index (χ4n) is 0.776. The molecule has 5 heteroatoms. The van der Waals surface area contributed by atoms with Crippen molar-refractivity contribution >= 4 is 11.8 Å². The minimum absolute atomic E-state index is 0.0855. The number of nitriles is 1. The van der Waals surface area contributed by atoms with Gasteiger partial charge in [-0.3, -0.25) is 9.59 Å². The highest BCUT2D eigenvalue weighted by atomic mass is 16.2. The van der Waals surface area contributed by atoms with Crippen LogP contribution in [0.15, 0.2) is 0 Å². The van der Waals surface area contributed by atoms with Crippen LogP contribution in [0, 0.1) is 11.3 Å². The summed E-state index contributed by atoms with van der Waals surface area (Å²) >= 11 is 0. The van der Waals surface area contributed by atoms with Crippen LogP contribution in [0.2, 0.25) is 0 Å². The number of hydrogen-bond donors (Lipinski definition) is 2. The lowest BCUT2D eigenvalue weighted by atomic mass is 10.1. The number of amides is 2. The van der Waals surface area contributed by atoms with Crippen LogP contribution in [0.1, 0.15) is 27.2 Å². The normalized spacial score (nSPS) is 10.1. The van der Waals surface area contributed by atoms with Gasteiger partial charge in [-0.25, -0.2) is 0 Å². The summed E-state index contributed by atoms with van der Waals surface area (Å²) in [4.78, 5) is 22.0. The maximum atomic E-state index is 11.2. The number of carbonyl (C=O) groups excluding carboxylic acids is 2. The highest BCUT2D eigenvalue weighted by Crippen LogP contribution is 1.96. The summed E-state index contributed by atoms with van der Waals surface area (Å²) in [5.74, 6) is -0.694. The van der Waals surface area contributed by atoms with Crippen molar-refractivity contribution in [3.8, 4) is 6.07 Å². The van der Waals surface area contributed by atoms with E-state index in [1.165, 1.54) is 0 Å². The first-order chi connectivity index (χ1) is 6.35. The van der Waals surface area contributed by atoms with E-state index in [2.05, 4.69) is 10.6 Å². The summed E-state index contributed by atoms with van der Waals surface area (Å²) < 4.78 is 0. The van der Waals surface area contributed by atoms with Crippen LogP contribution in [0.5, 0.6) is 0 Å². The molecule has 2 N–H and O–H groups in total. The van der Waals surface area contributed by atoms with Gasteiger partial charge >= 0.3 is 0 Å². The second kappa shape index (κ2) is 5.22. The molecule has 0 saturated heterocycles. The van der Waals surface area contributed by atoms with Crippen LogP contribution in [0.3, 0.4) is 0 Å². The van der Waals surface area contributed by atoms with Crippen molar-refractivity contribution in [2.45, 2.75) is 32.7 Å². The van der Waals surface area contributed by atoms with E-state index in [9.17, 15) is 9.59 Å². The Kier molecular flexibility index (Phi) is 4.64.